The van der Waals surface area contributed by atoms with E-state index < -0.39 is 10.0 Å². The first-order valence-corrected chi connectivity index (χ1v) is 8.97. The Bertz CT molecular complexity index is 298. The highest BCUT2D eigenvalue weighted by molar-refractivity contribution is 7.89. The summed E-state index contributed by atoms with van der Waals surface area (Å²) >= 11 is 0. The molecule has 0 unspecified atom stereocenters. The zero-order chi connectivity index (χ0) is 13.3. The molecule has 1 fully saturated rings. The van der Waals surface area contributed by atoms with Crippen molar-refractivity contribution < 1.29 is 8.42 Å². The van der Waals surface area contributed by atoms with Crippen LogP contribution in [0.5, 0.6) is 0 Å². The molecule has 0 radical (unpaired) electrons. The lowest BCUT2D eigenvalue weighted by molar-refractivity contribution is 0.517. The maximum absolute atomic E-state index is 11.7. The van der Waals surface area contributed by atoms with E-state index in [0.717, 1.165) is 32.4 Å². The predicted molar refractivity (Wildman–Crippen MR) is 76.1 cm³/mol. The summed E-state index contributed by atoms with van der Waals surface area (Å²) in [4.78, 5) is 0. The lowest BCUT2D eigenvalue weighted by Gasteiger charge is -2.11. The molecule has 1 aliphatic carbocycles. The van der Waals surface area contributed by atoms with Crippen molar-refractivity contribution in [1.82, 2.24) is 10.0 Å². The van der Waals surface area contributed by atoms with Gasteiger partial charge in [0.1, 0.15) is 0 Å². The average Bonchev–Trinajstić information content (AvgIpc) is 2.84. The Labute approximate surface area is 112 Å². The Morgan fingerprint density at radius 3 is 2.50 bits per heavy atom. The summed E-state index contributed by atoms with van der Waals surface area (Å²) in [7, 11) is -3.04. The molecule has 0 heterocycles. The van der Waals surface area contributed by atoms with Gasteiger partial charge in [-0.25, -0.2) is 13.1 Å². The fourth-order valence-corrected chi connectivity index (χ4v) is 3.59. The Kier molecular flexibility index (Phi) is 7.86. The number of hydrogen-bond donors (Lipinski definition) is 2. The van der Waals surface area contributed by atoms with Crippen molar-refractivity contribution in [2.45, 2.75) is 51.9 Å². The summed E-state index contributed by atoms with van der Waals surface area (Å²) in [5.74, 6) is 0.846. The summed E-state index contributed by atoms with van der Waals surface area (Å²) in [6.45, 7) is 4.72. The van der Waals surface area contributed by atoms with E-state index in [1.165, 1.54) is 25.7 Å². The van der Waals surface area contributed by atoms with Gasteiger partial charge in [0.05, 0.1) is 5.75 Å². The number of rotatable bonds is 10. The predicted octanol–water partition coefficient (Wildman–Crippen LogP) is 1.88. The maximum Gasteiger partial charge on any atom is 0.211 e. The molecule has 0 spiro atoms. The SMILES string of the molecule is CCCNCCCCS(=O)(=O)NCC1CCCC1. The van der Waals surface area contributed by atoms with Crippen molar-refractivity contribution in [2.24, 2.45) is 5.92 Å². The lowest BCUT2D eigenvalue weighted by atomic mass is 10.1. The van der Waals surface area contributed by atoms with E-state index in [2.05, 4.69) is 17.0 Å². The monoisotopic (exact) mass is 276 g/mol. The Hall–Kier alpha value is -0.130. The maximum atomic E-state index is 11.7. The zero-order valence-corrected chi connectivity index (χ0v) is 12.4. The Balaban J connectivity index is 2.03. The van der Waals surface area contributed by atoms with Crippen molar-refractivity contribution in [3.63, 3.8) is 0 Å². The quantitative estimate of drug-likeness (QED) is 0.599. The number of sulfonamides is 1. The van der Waals surface area contributed by atoms with Crippen LogP contribution < -0.4 is 10.0 Å². The van der Waals surface area contributed by atoms with Crippen molar-refractivity contribution in [3.05, 3.63) is 0 Å². The smallest absolute Gasteiger partial charge is 0.211 e. The molecule has 108 valence electrons. The van der Waals surface area contributed by atoms with Gasteiger partial charge in [-0.15, -0.1) is 0 Å². The molecule has 0 aromatic heterocycles. The molecule has 0 amide bonds. The van der Waals surface area contributed by atoms with E-state index in [0.29, 0.717) is 12.5 Å². The van der Waals surface area contributed by atoms with Crippen LogP contribution >= 0.6 is 0 Å². The van der Waals surface area contributed by atoms with E-state index in [1.54, 1.807) is 0 Å². The van der Waals surface area contributed by atoms with Crippen LogP contribution in [0, 0.1) is 5.92 Å². The van der Waals surface area contributed by atoms with E-state index in [-0.39, 0.29) is 5.75 Å². The molecule has 1 rings (SSSR count). The molecule has 4 nitrogen and oxygen atoms in total. The largest absolute Gasteiger partial charge is 0.317 e. The van der Waals surface area contributed by atoms with E-state index in [1.807, 2.05) is 0 Å². The second kappa shape index (κ2) is 8.88. The van der Waals surface area contributed by atoms with Crippen LogP contribution in [0.15, 0.2) is 0 Å². The molecule has 0 aliphatic heterocycles. The minimum absolute atomic E-state index is 0.271. The first kappa shape index (κ1) is 15.9. The third kappa shape index (κ3) is 7.34. The molecule has 2 N–H and O–H groups in total. The summed E-state index contributed by atoms with van der Waals surface area (Å²) in [6.07, 6.45) is 7.69. The molecule has 1 saturated carbocycles. The van der Waals surface area contributed by atoms with Gasteiger partial charge in [0.15, 0.2) is 0 Å². The molecule has 0 bridgehead atoms. The summed E-state index contributed by atoms with van der Waals surface area (Å²) in [6, 6.07) is 0. The minimum Gasteiger partial charge on any atom is -0.317 e. The highest BCUT2D eigenvalue weighted by Crippen LogP contribution is 2.23. The lowest BCUT2D eigenvalue weighted by Crippen LogP contribution is -2.30. The van der Waals surface area contributed by atoms with Crippen LogP contribution in [0.4, 0.5) is 0 Å². The van der Waals surface area contributed by atoms with E-state index in [9.17, 15) is 8.42 Å². The first-order valence-electron chi connectivity index (χ1n) is 7.32. The van der Waals surface area contributed by atoms with E-state index >= 15 is 0 Å². The van der Waals surface area contributed by atoms with Crippen molar-refractivity contribution in [3.8, 4) is 0 Å². The van der Waals surface area contributed by atoms with Crippen molar-refractivity contribution in [2.75, 3.05) is 25.4 Å². The van der Waals surface area contributed by atoms with Gasteiger partial charge >= 0.3 is 0 Å². The molecule has 5 heteroatoms. The standard InChI is InChI=1S/C13H28N2O2S/c1-2-9-14-10-5-6-11-18(16,17)15-12-13-7-3-4-8-13/h13-15H,2-12H2,1H3. The van der Waals surface area contributed by atoms with E-state index in [4.69, 9.17) is 0 Å². The van der Waals surface area contributed by atoms with Crippen LogP contribution in [0.25, 0.3) is 0 Å². The summed E-state index contributed by atoms with van der Waals surface area (Å²) in [5.41, 5.74) is 0. The molecule has 1 aliphatic rings. The normalized spacial score (nSPS) is 17.4. The van der Waals surface area contributed by atoms with Gasteiger partial charge in [-0.2, -0.15) is 0 Å². The third-order valence-corrected chi connectivity index (χ3v) is 4.94. The highest BCUT2D eigenvalue weighted by Gasteiger charge is 2.17. The second-order valence-corrected chi connectivity index (χ2v) is 7.20. The number of unbranched alkanes of at least 4 members (excludes halogenated alkanes) is 1. The minimum atomic E-state index is -3.04. The molecule has 0 aromatic rings. The molecular weight excluding hydrogens is 248 g/mol. The van der Waals surface area contributed by atoms with Crippen LogP contribution in [0.2, 0.25) is 0 Å². The van der Waals surface area contributed by atoms with Gasteiger partial charge < -0.3 is 5.32 Å². The number of nitrogens with one attached hydrogen (secondary N) is 2. The molecular formula is C13H28N2O2S. The summed E-state index contributed by atoms with van der Waals surface area (Å²) < 4.78 is 26.2. The number of hydrogen-bond acceptors (Lipinski definition) is 3. The van der Waals surface area contributed by atoms with Gasteiger partial charge in [-0.1, -0.05) is 19.8 Å². The van der Waals surface area contributed by atoms with Gasteiger partial charge in [-0.05, 0) is 51.1 Å². The molecule has 0 saturated heterocycles. The first-order chi connectivity index (χ1) is 8.64. The van der Waals surface area contributed by atoms with Gasteiger partial charge in [0.2, 0.25) is 10.0 Å². The fraction of sp³-hybridized carbons (Fsp3) is 1.00. The topological polar surface area (TPSA) is 58.2 Å². The highest BCUT2D eigenvalue weighted by atomic mass is 32.2. The van der Waals surface area contributed by atoms with Crippen LogP contribution in [0.1, 0.15) is 51.9 Å². The summed E-state index contributed by atoms with van der Waals surface area (Å²) in [5, 5.41) is 3.28. The zero-order valence-electron chi connectivity index (χ0n) is 11.6. The Morgan fingerprint density at radius 1 is 1.11 bits per heavy atom. The second-order valence-electron chi connectivity index (χ2n) is 5.27. The van der Waals surface area contributed by atoms with Crippen LogP contribution in [0.3, 0.4) is 0 Å². The fourth-order valence-electron chi connectivity index (χ4n) is 2.38. The van der Waals surface area contributed by atoms with Crippen LogP contribution in [-0.2, 0) is 10.0 Å². The van der Waals surface area contributed by atoms with Gasteiger partial charge in [0, 0.05) is 6.54 Å². The Morgan fingerprint density at radius 2 is 1.83 bits per heavy atom. The van der Waals surface area contributed by atoms with Gasteiger partial charge in [0.25, 0.3) is 0 Å². The van der Waals surface area contributed by atoms with Crippen molar-refractivity contribution >= 4 is 10.0 Å². The molecule has 0 aromatic carbocycles. The molecule has 0 atom stereocenters. The van der Waals surface area contributed by atoms with Crippen LogP contribution in [-0.4, -0.2) is 33.8 Å². The third-order valence-electron chi connectivity index (χ3n) is 3.51. The average molecular weight is 276 g/mol. The molecule has 18 heavy (non-hydrogen) atoms. The van der Waals surface area contributed by atoms with Crippen molar-refractivity contribution in [1.29, 1.82) is 0 Å². The van der Waals surface area contributed by atoms with Gasteiger partial charge in [-0.3, -0.25) is 0 Å².